The Labute approximate surface area is 123 Å². The van der Waals surface area contributed by atoms with E-state index in [4.69, 9.17) is 10.5 Å². The van der Waals surface area contributed by atoms with Crippen molar-refractivity contribution < 1.29 is 9.53 Å². The van der Waals surface area contributed by atoms with Gasteiger partial charge in [0.05, 0.1) is 12.1 Å². The maximum Gasteiger partial charge on any atom is 0.241 e. The van der Waals surface area contributed by atoms with Crippen molar-refractivity contribution >= 4 is 17.2 Å². The Kier molecular flexibility index (Phi) is 4.18. The number of hydrogen-bond acceptors (Lipinski definition) is 5. The molecule has 0 spiro atoms. The highest BCUT2D eigenvalue weighted by atomic mass is 32.1. The number of thiazole rings is 1. The number of nitrogens with two attached hydrogens (primary N) is 1. The van der Waals surface area contributed by atoms with Gasteiger partial charge in [0.15, 0.2) is 0 Å². The van der Waals surface area contributed by atoms with E-state index in [2.05, 4.69) is 10.3 Å². The quantitative estimate of drug-likeness (QED) is 0.869. The molecule has 1 aliphatic carbocycles. The molecule has 0 aliphatic heterocycles. The Balaban J connectivity index is 2.03. The number of hydrogen-bond donors (Lipinski definition) is 2. The third kappa shape index (κ3) is 2.36. The van der Waals surface area contributed by atoms with Crippen LogP contribution in [0.4, 0.5) is 0 Å². The maximum atomic E-state index is 12.5. The van der Waals surface area contributed by atoms with Gasteiger partial charge < -0.3 is 15.8 Å². The van der Waals surface area contributed by atoms with Crippen molar-refractivity contribution in [2.24, 2.45) is 11.1 Å². The molecule has 1 aromatic heterocycles. The van der Waals surface area contributed by atoms with E-state index in [-0.39, 0.29) is 23.5 Å². The molecule has 1 amide bonds. The first kappa shape index (κ1) is 15.4. The van der Waals surface area contributed by atoms with Crippen LogP contribution < -0.4 is 11.1 Å². The van der Waals surface area contributed by atoms with Gasteiger partial charge in [0.2, 0.25) is 5.91 Å². The number of rotatable bonds is 5. The Hall–Kier alpha value is -0.980. The Morgan fingerprint density at radius 1 is 1.70 bits per heavy atom. The van der Waals surface area contributed by atoms with Crippen molar-refractivity contribution in [1.29, 1.82) is 0 Å². The first-order chi connectivity index (χ1) is 9.33. The number of carbonyl (C=O) groups is 1. The molecule has 0 saturated heterocycles. The fraction of sp³-hybridized carbons (Fsp3) is 0.714. The van der Waals surface area contributed by atoms with Gasteiger partial charge in [0.1, 0.15) is 10.5 Å². The molecule has 3 atom stereocenters. The monoisotopic (exact) mass is 297 g/mol. The summed E-state index contributed by atoms with van der Waals surface area (Å²) in [7, 11) is 0. The van der Waals surface area contributed by atoms with Gasteiger partial charge in [0.25, 0.3) is 0 Å². The van der Waals surface area contributed by atoms with Crippen molar-refractivity contribution in [3.05, 3.63) is 16.6 Å². The lowest BCUT2D eigenvalue weighted by molar-refractivity contribution is -0.171. The lowest BCUT2D eigenvalue weighted by atomic mass is 9.54. The topological polar surface area (TPSA) is 77.2 Å². The summed E-state index contributed by atoms with van der Waals surface area (Å²) in [6.45, 7) is 8.50. The fourth-order valence-corrected chi connectivity index (χ4v) is 3.30. The fourth-order valence-electron chi connectivity index (χ4n) is 2.66. The van der Waals surface area contributed by atoms with E-state index < -0.39 is 5.54 Å². The number of carbonyl (C=O) groups excluding carboxylic acids is 1. The average Bonchev–Trinajstić information content (AvgIpc) is 2.92. The van der Waals surface area contributed by atoms with E-state index in [1.807, 2.05) is 33.1 Å². The molecule has 3 N–H and O–H groups in total. The molecule has 0 radical (unpaired) electrons. The molecule has 1 heterocycles. The van der Waals surface area contributed by atoms with Gasteiger partial charge in [-0.3, -0.25) is 4.79 Å². The predicted octanol–water partition coefficient (Wildman–Crippen LogP) is 1.85. The maximum absolute atomic E-state index is 12.5. The van der Waals surface area contributed by atoms with Crippen LogP contribution in [0.15, 0.2) is 11.6 Å². The van der Waals surface area contributed by atoms with Crippen LogP contribution in [0.25, 0.3) is 0 Å². The Morgan fingerprint density at radius 2 is 2.40 bits per heavy atom. The summed E-state index contributed by atoms with van der Waals surface area (Å²) in [5.41, 5.74) is 5.10. The number of nitrogens with one attached hydrogen (secondary N) is 1. The van der Waals surface area contributed by atoms with E-state index in [1.54, 1.807) is 6.20 Å². The molecule has 1 aliphatic rings. The molecule has 0 bridgehead atoms. The average molecular weight is 297 g/mol. The van der Waals surface area contributed by atoms with Crippen LogP contribution in [0.5, 0.6) is 0 Å². The number of nitrogens with zero attached hydrogens (tertiary/aromatic N) is 1. The smallest absolute Gasteiger partial charge is 0.241 e. The Morgan fingerprint density at radius 3 is 2.90 bits per heavy atom. The Bertz CT molecular complexity index is 475. The van der Waals surface area contributed by atoms with Crippen LogP contribution in [-0.4, -0.2) is 29.1 Å². The zero-order valence-electron chi connectivity index (χ0n) is 12.5. The first-order valence-corrected chi connectivity index (χ1v) is 7.81. The summed E-state index contributed by atoms with van der Waals surface area (Å²) in [5.74, 6) is -0.124. The van der Waals surface area contributed by atoms with Crippen LogP contribution in [-0.2, 0) is 9.53 Å². The molecular weight excluding hydrogens is 274 g/mol. The molecule has 3 unspecified atom stereocenters. The van der Waals surface area contributed by atoms with Crippen molar-refractivity contribution in [2.45, 2.75) is 51.8 Å². The van der Waals surface area contributed by atoms with Crippen LogP contribution in [0.1, 0.15) is 45.2 Å². The molecule has 2 rings (SSSR count). The van der Waals surface area contributed by atoms with Crippen molar-refractivity contribution in [2.75, 3.05) is 6.61 Å². The standard InChI is InChI=1S/C14H23N3O2S/c1-5-19-10-8-14(15,13(10,3)4)12(18)17-9(2)11-16-6-7-20-11/h6-7,9-10H,5,8,15H2,1-4H3,(H,17,18). The minimum absolute atomic E-state index is 0.0402. The highest BCUT2D eigenvalue weighted by molar-refractivity contribution is 7.09. The van der Waals surface area contributed by atoms with Gasteiger partial charge in [0, 0.05) is 30.0 Å². The second-order valence-electron chi connectivity index (χ2n) is 5.91. The molecule has 1 fully saturated rings. The zero-order chi connectivity index (χ0) is 15.0. The normalized spacial score (nSPS) is 29.6. The summed E-state index contributed by atoms with van der Waals surface area (Å²) < 4.78 is 5.65. The lowest BCUT2D eigenvalue weighted by Crippen LogP contribution is -2.75. The van der Waals surface area contributed by atoms with Crippen LogP contribution in [0.3, 0.4) is 0 Å². The van der Waals surface area contributed by atoms with Crippen LogP contribution in [0.2, 0.25) is 0 Å². The van der Waals surface area contributed by atoms with Gasteiger partial charge in [-0.1, -0.05) is 13.8 Å². The molecule has 0 aromatic carbocycles. The van der Waals surface area contributed by atoms with E-state index >= 15 is 0 Å². The van der Waals surface area contributed by atoms with Crippen molar-refractivity contribution in [1.82, 2.24) is 10.3 Å². The van der Waals surface area contributed by atoms with Crippen molar-refractivity contribution in [3.8, 4) is 0 Å². The van der Waals surface area contributed by atoms with Gasteiger partial charge in [-0.05, 0) is 13.8 Å². The minimum Gasteiger partial charge on any atom is -0.378 e. The molecule has 6 heteroatoms. The molecule has 1 saturated carbocycles. The zero-order valence-corrected chi connectivity index (χ0v) is 13.3. The molecule has 112 valence electrons. The van der Waals surface area contributed by atoms with E-state index in [0.29, 0.717) is 13.0 Å². The largest absolute Gasteiger partial charge is 0.378 e. The van der Waals surface area contributed by atoms with E-state index in [9.17, 15) is 4.79 Å². The second kappa shape index (κ2) is 5.42. The molecular formula is C14H23N3O2S. The second-order valence-corrected chi connectivity index (χ2v) is 6.83. The lowest BCUT2D eigenvalue weighted by Gasteiger charge is -2.57. The predicted molar refractivity (Wildman–Crippen MR) is 79.4 cm³/mol. The summed E-state index contributed by atoms with van der Waals surface area (Å²) in [6, 6.07) is -0.120. The molecule has 20 heavy (non-hydrogen) atoms. The van der Waals surface area contributed by atoms with Gasteiger partial charge in [-0.25, -0.2) is 4.98 Å². The highest BCUT2D eigenvalue weighted by Gasteiger charge is 2.62. The highest BCUT2D eigenvalue weighted by Crippen LogP contribution is 2.50. The summed E-state index contributed by atoms with van der Waals surface area (Å²) in [4.78, 5) is 16.7. The molecule has 1 aromatic rings. The number of ether oxygens (including phenoxy) is 1. The van der Waals surface area contributed by atoms with Gasteiger partial charge in [-0.2, -0.15) is 0 Å². The van der Waals surface area contributed by atoms with Crippen LogP contribution in [0, 0.1) is 5.41 Å². The van der Waals surface area contributed by atoms with Crippen molar-refractivity contribution in [3.63, 3.8) is 0 Å². The summed E-state index contributed by atoms with van der Waals surface area (Å²) >= 11 is 1.53. The third-order valence-corrected chi connectivity index (χ3v) is 5.36. The van der Waals surface area contributed by atoms with E-state index in [0.717, 1.165) is 5.01 Å². The SMILES string of the molecule is CCOC1CC(N)(C(=O)NC(C)c2nccs2)C1(C)C. The number of aromatic nitrogens is 1. The summed E-state index contributed by atoms with van der Waals surface area (Å²) in [5, 5.41) is 5.76. The third-order valence-electron chi connectivity index (χ3n) is 4.40. The minimum atomic E-state index is -0.877. The van der Waals surface area contributed by atoms with Crippen LogP contribution >= 0.6 is 11.3 Å². The first-order valence-electron chi connectivity index (χ1n) is 6.93. The van der Waals surface area contributed by atoms with Gasteiger partial charge in [-0.15, -0.1) is 11.3 Å². The van der Waals surface area contributed by atoms with Gasteiger partial charge >= 0.3 is 0 Å². The van der Waals surface area contributed by atoms with E-state index in [1.165, 1.54) is 11.3 Å². The summed E-state index contributed by atoms with van der Waals surface area (Å²) in [6.07, 6.45) is 2.34. The molecule has 5 nitrogen and oxygen atoms in total. The number of amides is 1.